The number of aliphatic hydroxyl groups is 1. The van der Waals surface area contributed by atoms with Gasteiger partial charge in [0.2, 0.25) is 5.78 Å². The molecular formula is C17H12F3N3O3. The van der Waals surface area contributed by atoms with E-state index in [9.17, 15) is 23.1 Å². The van der Waals surface area contributed by atoms with E-state index in [0.717, 1.165) is 18.2 Å². The highest BCUT2D eigenvalue weighted by molar-refractivity contribution is 6.05. The molecule has 6 nitrogen and oxygen atoms in total. The number of rotatable bonds is 5. The van der Waals surface area contributed by atoms with E-state index < -0.39 is 23.3 Å². The standard InChI is InChI=1S/C17H12F3N3O3/c18-17(19,20)11-3-1-2-10(6-11)7-12-4-5-15(26-12)13(24)8-14(25)16-21-9-22-23-16/h1-6,8-9,25H,7H2,(H,21,22,23). The van der Waals surface area contributed by atoms with E-state index in [2.05, 4.69) is 15.2 Å². The fourth-order valence-electron chi connectivity index (χ4n) is 2.26. The number of aromatic nitrogens is 3. The molecule has 2 N–H and O–H groups in total. The second-order valence-electron chi connectivity index (χ2n) is 5.37. The van der Waals surface area contributed by atoms with Crippen LogP contribution in [0.15, 0.2) is 53.2 Å². The van der Waals surface area contributed by atoms with Gasteiger partial charge in [-0.25, -0.2) is 4.98 Å². The largest absolute Gasteiger partial charge is 0.504 e. The highest BCUT2D eigenvalue weighted by Crippen LogP contribution is 2.30. The molecule has 0 saturated heterocycles. The lowest BCUT2D eigenvalue weighted by Gasteiger charge is -2.07. The van der Waals surface area contributed by atoms with Crippen LogP contribution in [-0.4, -0.2) is 26.1 Å². The van der Waals surface area contributed by atoms with E-state index in [4.69, 9.17) is 4.42 Å². The molecule has 0 atom stereocenters. The summed E-state index contributed by atoms with van der Waals surface area (Å²) in [6.45, 7) is 0. The molecule has 134 valence electrons. The van der Waals surface area contributed by atoms with Crippen molar-refractivity contribution < 1.29 is 27.5 Å². The van der Waals surface area contributed by atoms with E-state index in [0.29, 0.717) is 11.3 Å². The van der Waals surface area contributed by atoms with Gasteiger partial charge in [-0.2, -0.15) is 18.3 Å². The van der Waals surface area contributed by atoms with E-state index in [1.165, 1.54) is 30.6 Å². The smallest absolute Gasteiger partial charge is 0.416 e. The molecule has 0 amide bonds. The van der Waals surface area contributed by atoms with Crippen LogP contribution < -0.4 is 0 Å². The number of nitrogens with one attached hydrogen (secondary N) is 1. The van der Waals surface area contributed by atoms with Crippen LogP contribution >= 0.6 is 0 Å². The van der Waals surface area contributed by atoms with E-state index in [-0.39, 0.29) is 18.0 Å². The molecule has 1 aromatic carbocycles. The number of hydrogen-bond donors (Lipinski definition) is 2. The summed E-state index contributed by atoms with van der Waals surface area (Å²) in [6.07, 6.45) is -2.25. The van der Waals surface area contributed by atoms with Crippen LogP contribution in [0, 0.1) is 0 Å². The van der Waals surface area contributed by atoms with Crippen molar-refractivity contribution in [1.29, 1.82) is 0 Å². The maximum Gasteiger partial charge on any atom is 0.416 e. The molecule has 0 radical (unpaired) electrons. The molecule has 26 heavy (non-hydrogen) atoms. The van der Waals surface area contributed by atoms with Gasteiger partial charge in [-0.1, -0.05) is 18.2 Å². The first kappa shape index (κ1) is 17.5. The van der Waals surface area contributed by atoms with Crippen molar-refractivity contribution in [3.8, 4) is 0 Å². The Balaban J connectivity index is 1.74. The number of hydrogen-bond acceptors (Lipinski definition) is 5. The Morgan fingerprint density at radius 1 is 1.27 bits per heavy atom. The minimum absolute atomic E-state index is 0.0223. The van der Waals surface area contributed by atoms with Crippen molar-refractivity contribution in [2.24, 2.45) is 0 Å². The van der Waals surface area contributed by atoms with E-state index in [1.807, 2.05) is 0 Å². The molecule has 0 spiro atoms. The highest BCUT2D eigenvalue weighted by atomic mass is 19.4. The molecule has 0 aliphatic carbocycles. The number of carbonyl (C=O) groups is 1. The van der Waals surface area contributed by atoms with Crippen LogP contribution in [0.2, 0.25) is 0 Å². The quantitative estimate of drug-likeness (QED) is 0.409. The minimum atomic E-state index is -4.43. The van der Waals surface area contributed by atoms with Crippen LogP contribution in [0.25, 0.3) is 5.76 Å². The van der Waals surface area contributed by atoms with Crippen LogP contribution in [0.1, 0.15) is 33.3 Å². The monoisotopic (exact) mass is 363 g/mol. The molecule has 3 rings (SSSR count). The molecule has 0 bridgehead atoms. The third-order valence-electron chi connectivity index (χ3n) is 3.46. The van der Waals surface area contributed by atoms with Gasteiger partial charge in [-0.05, 0) is 23.8 Å². The number of halogens is 3. The number of benzene rings is 1. The first-order valence-corrected chi connectivity index (χ1v) is 7.38. The van der Waals surface area contributed by atoms with Gasteiger partial charge in [0, 0.05) is 12.5 Å². The molecule has 0 aliphatic rings. The van der Waals surface area contributed by atoms with Crippen molar-refractivity contribution in [1.82, 2.24) is 15.2 Å². The fraction of sp³-hybridized carbons (Fsp3) is 0.118. The van der Waals surface area contributed by atoms with Gasteiger partial charge in [-0.15, -0.1) is 0 Å². The first-order chi connectivity index (χ1) is 12.3. The van der Waals surface area contributed by atoms with Crippen molar-refractivity contribution in [2.75, 3.05) is 0 Å². The number of H-pyrrole nitrogens is 1. The predicted octanol–water partition coefficient (Wildman–Crippen LogP) is 3.79. The minimum Gasteiger partial charge on any atom is -0.504 e. The Kier molecular flexibility index (Phi) is 4.61. The zero-order valence-corrected chi connectivity index (χ0v) is 13.1. The summed E-state index contributed by atoms with van der Waals surface area (Å²) in [7, 11) is 0. The van der Waals surface area contributed by atoms with Gasteiger partial charge in [0.15, 0.2) is 17.3 Å². The zero-order valence-electron chi connectivity index (χ0n) is 13.1. The van der Waals surface area contributed by atoms with Crippen LogP contribution in [0.5, 0.6) is 0 Å². The predicted molar refractivity (Wildman–Crippen MR) is 84.3 cm³/mol. The number of ketones is 1. The summed E-state index contributed by atoms with van der Waals surface area (Å²) in [5, 5.41) is 15.7. The van der Waals surface area contributed by atoms with Crippen LogP contribution in [0.4, 0.5) is 13.2 Å². The number of allylic oxidation sites excluding steroid dienone is 1. The van der Waals surface area contributed by atoms with Gasteiger partial charge >= 0.3 is 6.18 Å². The molecule has 0 aliphatic heterocycles. The number of aromatic amines is 1. The number of alkyl halides is 3. The average Bonchev–Trinajstić information content (AvgIpc) is 3.26. The molecule has 2 aromatic heterocycles. The number of nitrogens with zero attached hydrogens (tertiary/aromatic N) is 2. The summed E-state index contributed by atoms with van der Waals surface area (Å²) in [5.74, 6) is -0.745. The molecule has 2 heterocycles. The number of carbonyl (C=O) groups excluding carboxylic acids is 1. The van der Waals surface area contributed by atoms with Gasteiger partial charge in [0.05, 0.1) is 5.56 Å². The summed E-state index contributed by atoms with van der Waals surface area (Å²) >= 11 is 0. The molecule has 3 aromatic rings. The fourth-order valence-corrected chi connectivity index (χ4v) is 2.26. The lowest BCUT2D eigenvalue weighted by atomic mass is 10.1. The van der Waals surface area contributed by atoms with Gasteiger partial charge < -0.3 is 9.52 Å². The van der Waals surface area contributed by atoms with E-state index >= 15 is 0 Å². The highest BCUT2D eigenvalue weighted by Gasteiger charge is 2.30. The second kappa shape index (κ2) is 6.87. The Morgan fingerprint density at radius 3 is 2.77 bits per heavy atom. The lowest BCUT2D eigenvalue weighted by molar-refractivity contribution is -0.137. The number of aliphatic hydroxyl groups excluding tert-OH is 1. The maximum atomic E-state index is 12.7. The normalized spacial score (nSPS) is 12.3. The van der Waals surface area contributed by atoms with Crippen LogP contribution in [0.3, 0.4) is 0 Å². The van der Waals surface area contributed by atoms with E-state index in [1.54, 1.807) is 0 Å². The SMILES string of the molecule is O=C(C=C(O)c1ncn[nH]1)c1ccc(Cc2cccc(C(F)(F)F)c2)o1. The summed E-state index contributed by atoms with van der Waals surface area (Å²) in [4.78, 5) is 15.8. The summed E-state index contributed by atoms with van der Waals surface area (Å²) in [6, 6.07) is 7.74. The molecule has 9 heteroatoms. The van der Waals surface area contributed by atoms with Crippen molar-refractivity contribution in [3.05, 3.63) is 77.3 Å². The topological polar surface area (TPSA) is 92.0 Å². The first-order valence-electron chi connectivity index (χ1n) is 7.38. The van der Waals surface area contributed by atoms with Gasteiger partial charge in [0.1, 0.15) is 12.1 Å². The Bertz CT molecular complexity index is 944. The molecule has 0 fully saturated rings. The zero-order chi connectivity index (χ0) is 18.7. The van der Waals surface area contributed by atoms with Gasteiger partial charge in [0.25, 0.3) is 0 Å². The van der Waals surface area contributed by atoms with Crippen molar-refractivity contribution in [2.45, 2.75) is 12.6 Å². The summed E-state index contributed by atoms with van der Waals surface area (Å²) < 4.78 is 43.6. The van der Waals surface area contributed by atoms with Gasteiger partial charge in [-0.3, -0.25) is 9.89 Å². The molecule has 0 unspecified atom stereocenters. The third kappa shape index (κ3) is 4.00. The number of furan rings is 1. The van der Waals surface area contributed by atoms with Crippen molar-refractivity contribution >= 4 is 11.5 Å². The third-order valence-corrected chi connectivity index (χ3v) is 3.46. The summed E-state index contributed by atoms with van der Waals surface area (Å²) in [5.41, 5.74) is -0.356. The lowest BCUT2D eigenvalue weighted by Crippen LogP contribution is -2.05. The Hall–Kier alpha value is -3.36. The second-order valence-corrected chi connectivity index (χ2v) is 5.37. The Morgan fingerprint density at radius 2 is 2.08 bits per heavy atom. The average molecular weight is 363 g/mol. The molecular weight excluding hydrogens is 351 g/mol. The Labute approximate surface area is 145 Å². The van der Waals surface area contributed by atoms with Crippen molar-refractivity contribution in [3.63, 3.8) is 0 Å². The maximum absolute atomic E-state index is 12.7. The molecule has 0 saturated carbocycles. The van der Waals surface area contributed by atoms with Crippen LogP contribution in [-0.2, 0) is 12.6 Å².